The molecule has 0 saturated carbocycles. The standard InChI is InChI=1S/C18H13N3O/c19-11-13-6-4-5-9-16(13)17-10-14(20)12-21(18(17)22)15-7-2-1-3-8-15/h1-10,12H,20H2. The van der Waals surface area contributed by atoms with Crippen molar-refractivity contribution in [2.45, 2.75) is 0 Å². The van der Waals surface area contributed by atoms with Crippen molar-refractivity contribution in [2.24, 2.45) is 0 Å². The molecule has 0 bridgehead atoms. The molecule has 0 spiro atoms. The van der Waals surface area contributed by atoms with E-state index in [1.54, 1.807) is 36.5 Å². The van der Waals surface area contributed by atoms with Crippen LogP contribution in [0.5, 0.6) is 0 Å². The van der Waals surface area contributed by atoms with Gasteiger partial charge in [-0.2, -0.15) is 5.26 Å². The van der Waals surface area contributed by atoms with Crippen LogP contribution in [-0.2, 0) is 0 Å². The summed E-state index contributed by atoms with van der Waals surface area (Å²) in [7, 11) is 0. The number of para-hydroxylation sites is 1. The largest absolute Gasteiger partial charge is 0.398 e. The maximum atomic E-state index is 12.8. The Morgan fingerprint density at radius 2 is 1.64 bits per heavy atom. The molecule has 0 aliphatic heterocycles. The number of hydrogen-bond donors (Lipinski definition) is 1. The summed E-state index contributed by atoms with van der Waals surface area (Å²) in [5.74, 6) is 0. The molecule has 106 valence electrons. The molecule has 0 amide bonds. The van der Waals surface area contributed by atoms with Crippen molar-refractivity contribution in [3.63, 3.8) is 0 Å². The van der Waals surface area contributed by atoms with Crippen molar-refractivity contribution in [3.8, 4) is 22.9 Å². The van der Waals surface area contributed by atoms with Crippen molar-refractivity contribution in [3.05, 3.63) is 82.8 Å². The first-order valence-corrected chi connectivity index (χ1v) is 6.78. The summed E-state index contributed by atoms with van der Waals surface area (Å²) in [6, 6.07) is 20.0. The Morgan fingerprint density at radius 1 is 0.955 bits per heavy atom. The average Bonchev–Trinajstić information content (AvgIpc) is 2.57. The number of nitriles is 1. The normalized spacial score (nSPS) is 10.1. The van der Waals surface area contributed by atoms with Crippen molar-refractivity contribution in [1.82, 2.24) is 4.57 Å². The molecular weight excluding hydrogens is 274 g/mol. The summed E-state index contributed by atoms with van der Waals surface area (Å²) in [5, 5.41) is 9.24. The van der Waals surface area contributed by atoms with Gasteiger partial charge in [-0.15, -0.1) is 0 Å². The molecule has 1 aromatic heterocycles. The highest BCUT2D eigenvalue weighted by molar-refractivity contribution is 5.72. The predicted molar refractivity (Wildman–Crippen MR) is 86.6 cm³/mol. The smallest absolute Gasteiger partial charge is 0.263 e. The minimum Gasteiger partial charge on any atom is -0.398 e. The lowest BCUT2D eigenvalue weighted by Crippen LogP contribution is -2.20. The van der Waals surface area contributed by atoms with E-state index in [1.165, 1.54) is 4.57 Å². The van der Waals surface area contributed by atoms with Gasteiger partial charge in [0.05, 0.1) is 17.2 Å². The number of nitrogens with two attached hydrogens (primary N) is 1. The van der Waals surface area contributed by atoms with E-state index in [9.17, 15) is 10.1 Å². The molecule has 0 aliphatic rings. The third kappa shape index (κ3) is 2.36. The fourth-order valence-corrected chi connectivity index (χ4v) is 2.39. The van der Waals surface area contributed by atoms with Gasteiger partial charge >= 0.3 is 0 Å². The van der Waals surface area contributed by atoms with Crippen LogP contribution in [0.2, 0.25) is 0 Å². The van der Waals surface area contributed by atoms with E-state index >= 15 is 0 Å². The molecule has 4 heteroatoms. The first-order chi connectivity index (χ1) is 10.7. The fraction of sp³-hybridized carbons (Fsp3) is 0. The molecule has 0 atom stereocenters. The molecule has 3 rings (SSSR count). The minimum absolute atomic E-state index is 0.205. The zero-order chi connectivity index (χ0) is 15.5. The topological polar surface area (TPSA) is 71.8 Å². The number of nitrogen functional groups attached to an aromatic ring is 1. The number of rotatable bonds is 2. The van der Waals surface area contributed by atoms with Gasteiger partial charge in [-0.05, 0) is 24.3 Å². The molecule has 2 aromatic carbocycles. The Morgan fingerprint density at radius 3 is 2.36 bits per heavy atom. The zero-order valence-electron chi connectivity index (χ0n) is 11.7. The molecule has 4 nitrogen and oxygen atoms in total. The van der Waals surface area contributed by atoms with Crippen LogP contribution in [0.15, 0.2) is 71.7 Å². The summed E-state index contributed by atoms with van der Waals surface area (Å²) < 4.78 is 1.50. The van der Waals surface area contributed by atoms with Crippen LogP contribution in [0.3, 0.4) is 0 Å². The second kappa shape index (κ2) is 5.58. The summed E-state index contributed by atoms with van der Waals surface area (Å²) in [6.07, 6.45) is 1.59. The van der Waals surface area contributed by atoms with E-state index in [0.29, 0.717) is 22.4 Å². The van der Waals surface area contributed by atoms with Crippen LogP contribution in [0.25, 0.3) is 16.8 Å². The summed E-state index contributed by atoms with van der Waals surface area (Å²) in [4.78, 5) is 12.8. The van der Waals surface area contributed by atoms with Crippen molar-refractivity contribution < 1.29 is 0 Å². The zero-order valence-corrected chi connectivity index (χ0v) is 11.7. The molecule has 2 N–H and O–H groups in total. The van der Waals surface area contributed by atoms with E-state index in [0.717, 1.165) is 5.69 Å². The summed E-state index contributed by atoms with van der Waals surface area (Å²) in [6.45, 7) is 0. The van der Waals surface area contributed by atoms with Gasteiger partial charge in [-0.25, -0.2) is 0 Å². The highest BCUT2D eigenvalue weighted by Crippen LogP contribution is 2.22. The fourth-order valence-electron chi connectivity index (χ4n) is 2.39. The lowest BCUT2D eigenvalue weighted by atomic mass is 10.0. The van der Waals surface area contributed by atoms with Crippen LogP contribution >= 0.6 is 0 Å². The predicted octanol–water partition coefficient (Wildman–Crippen LogP) is 2.96. The summed E-state index contributed by atoms with van der Waals surface area (Å²) in [5.41, 5.74) is 8.40. The molecule has 0 unspecified atom stereocenters. The van der Waals surface area contributed by atoms with Gasteiger partial charge in [0, 0.05) is 23.1 Å². The summed E-state index contributed by atoms with van der Waals surface area (Å²) >= 11 is 0. The van der Waals surface area contributed by atoms with Gasteiger partial charge < -0.3 is 5.73 Å². The number of aromatic nitrogens is 1. The molecule has 22 heavy (non-hydrogen) atoms. The van der Waals surface area contributed by atoms with Crippen molar-refractivity contribution >= 4 is 5.69 Å². The van der Waals surface area contributed by atoms with E-state index in [1.807, 2.05) is 30.3 Å². The van der Waals surface area contributed by atoms with E-state index in [-0.39, 0.29) is 5.56 Å². The molecule has 0 fully saturated rings. The molecular formula is C18H13N3O. The van der Waals surface area contributed by atoms with Crippen LogP contribution in [0.1, 0.15) is 5.56 Å². The highest BCUT2D eigenvalue weighted by Gasteiger charge is 2.12. The van der Waals surface area contributed by atoms with E-state index in [2.05, 4.69) is 6.07 Å². The number of pyridine rings is 1. The van der Waals surface area contributed by atoms with Gasteiger partial charge in [0.2, 0.25) is 0 Å². The second-order valence-corrected chi connectivity index (χ2v) is 4.86. The maximum Gasteiger partial charge on any atom is 0.263 e. The first-order valence-electron chi connectivity index (χ1n) is 6.78. The molecule has 3 aromatic rings. The number of benzene rings is 2. The highest BCUT2D eigenvalue weighted by atomic mass is 16.1. The molecule has 1 heterocycles. The Kier molecular flexibility index (Phi) is 3.47. The van der Waals surface area contributed by atoms with Gasteiger partial charge in [0.1, 0.15) is 0 Å². The third-order valence-electron chi connectivity index (χ3n) is 3.41. The Bertz CT molecular complexity index is 921. The number of anilines is 1. The maximum absolute atomic E-state index is 12.8. The first kappa shape index (κ1) is 13.7. The Labute approximate surface area is 127 Å². The van der Waals surface area contributed by atoms with E-state index < -0.39 is 0 Å². The lowest BCUT2D eigenvalue weighted by Gasteiger charge is -2.11. The molecule has 0 saturated heterocycles. The van der Waals surface area contributed by atoms with Gasteiger partial charge in [0.25, 0.3) is 5.56 Å². The van der Waals surface area contributed by atoms with Gasteiger partial charge in [0.15, 0.2) is 0 Å². The lowest BCUT2D eigenvalue weighted by molar-refractivity contribution is 0.996. The third-order valence-corrected chi connectivity index (χ3v) is 3.41. The van der Waals surface area contributed by atoms with Crippen molar-refractivity contribution in [2.75, 3.05) is 5.73 Å². The minimum atomic E-state index is -0.205. The van der Waals surface area contributed by atoms with Crippen LogP contribution < -0.4 is 11.3 Å². The number of nitrogens with zero attached hydrogens (tertiary/aromatic N) is 2. The van der Waals surface area contributed by atoms with Crippen LogP contribution in [0.4, 0.5) is 5.69 Å². The quantitative estimate of drug-likeness (QED) is 0.787. The SMILES string of the molecule is N#Cc1ccccc1-c1cc(N)cn(-c2ccccc2)c1=O. The van der Waals surface area contributed by atoms with Gasteiger partial charge in [-0.3, -0.25) is 9.36 Å². The Hall–Kier alpha value is -3.32. The monoisotopic (exact) mass is 287 g/mol. The Balaban J connectivity index is 2.30. The second-order valence-electron chi connectivity index (χ2n) is 4.86. The number of hydrogen-bond acceptors (Lipinski definition) is 3. The van der Waals surface area contributed by atoms with Crippen molar-refractivity contribution in [1.29, 1.82) is 5.26 Å². The average molecular weight is 287 g/mol. The van der Waals surface area contributed by atoms with E-state index in [4.69, 9.17) is 5.73 Å². The molecule has 0 aliphatic carbocycles. The van der Waals surface area contributed by atoms with Crippen LogP contribution in [0, 0.1) is 11.3 Å². The molecule has 0 radical (unpaired) electrons. The van der Waals surface area contributed by atoms with Crippen LogP contribution in [-0.4, -0.2) is 4.57 Å². The van der Waals surface area contributed by atoms with Gasteiger partial charge in [-0.1, -0.05) is 36.4 Å².